The van der Waals surface area contributed by atoms with Crippen molar-refractivity contribution >= 4 is 12.2 Å². The van der Waals surface area contributed by atoms with E-state index in [4.69, 9.17) is 12.2 Å². The maximum atomic E-state index is 12.9. The van der Waals surface area contributed by atoms with Gasteiger partial charge in [0.15, 0.2) is 0 Å². The van der Waals surface area contributed by atoms with Gasteiger partial charge in [-0.2, -0.15) is 0 Å². The van der Waals surface area contributed by atoms with E-state index in [1.54, 1.807) is 18.3 Å². The van der Waals surface area contributed by atoms with Crippen molar-refractivity contribution in [3.8, 4) is 11.1 Å². The van der Waals surface area contributed by atoms with Crippen LogP contribution in [0.3, 0.4) is 0 Å². The van der Waals surface area contributed by atoms with Gasteiger partial charge in [0.1, 0.15) is 10.5 Å². The normalized spacial score (nSPS) is 10.1. The SMILES string of the molecule is Fc1cccc(-c2cnc[nH]c2=S)c1. The molecule has 0 saturated heterocycles. The molecule has 2 aromatic rings. The molecule has 2 rings (SSSR count). The molecular formula is C10H7FN2S. The molecule has 0 aliphatic heterocycles. The molecule has 1 aromatic heterocycles. The van der Waals surface area contributed by atoms with Crippen LogP contribution < -0.4 is 0 Å². The van der Waals surface area contributed by atoms with Gasteiger partial charge >= 0.3 is 0 Å². The zero-order valence-corrected chi connectivity index (χ0v) is 8.01. The van der Waals surface area contributed by atoms with E-state index in [1.165, 1.54) is 18.5 Å². The largest absolute Gasteiger partial charge is 0.337 e. The maximum Gasteiger partial charge on any atom is 0.123 e. The average Bonchev–Trinajstić information content (AvgIpc) is 2.18. The number of aromatic nitrogens is 2. The second-order valence-corrected chi connectivity index (χ2v) is 3.21. The van der Waals surface area contributed by atoms with E-state index < -0.39 is 0 Å². The van der Waals surface area contributed by atoms with Gasteiger partial charge in [0.25, 0.3) is 0 Å². The number of hydrogen-bond donors (Lipinski definition) is 1. The number of H-pyrrole nitrogens is 1. The van der Waals surface area contributed by atoms with Crippen LogP contribution in [0.25, 0.3) is 11.1 Å². The molecule has 14 heavy (non-hydrogen) atoms. The lowest BCUT2D eigenvalue weighted by molar-refractivity contribution is 0.628. The van der Waals surface area contributed by atoms with Gasteiger partial charge in [0, 0.05) is 11.8 Å². The molecule has 1 aromatic carbocycles. The molecule has 0 amide bonds. The fourth-order valence-electron chi connectivity index (χ4n) is 1.21. The first-order chi connectivity index (χ1) is 6.77. The second kappa shape index (κ2) is 3.67. The van der Waals surface area contributed by atoms with Crippen molar-refractivity contribution in [1.29, 1.82) is 0 Å². The zero-order valence-electron chi connectivity index (χ0n) is 7.20. The molecule has 0 aliphatic carbocycles. The van der Waals surface area contributed by atoms with Gasteiger partial charge in [-0.1, -0.05) is 24.4 Å². The van der Waals surface area contributed by atoms with Crippen LogP contribution in [0.5, 0.6) is 0 Å². The average molecular weight is 206 g/mol. The van der Waals surface area contributed by atoms with Crippen molar-refractivity contribution in [2.45, 2.75) is 0 Å². The highest BCUT2D eigenvalue weighted by atomic mass is 32.1. The smallest absolute Gasteiger partial charge is 0.123 e. The third-order valence-electron chi connectivity index (χ3n) is 1.85. The van der Waals surface area contributed by atoms with Gasteiger partial charge in [-0.05, 0) is 17.7 Å². The van der Waals surface area contributed by atoms with Gasteiger partial charge in [0.05, 0.1) is 6.33 Å². The van der Waals surface area contributed by atoms with E-state index in [1.807, 2.05) is 0 Å². The van der Waals surface area contributed by atoms with Crippen LogP contribution in [-0.2, 0) is 0 Å². The third kappa shape index (κ3) is 1.70. The number of nitrogens with zero attached hydrogens (tertiary/aromatic N) is 1. The van der Waals surface area contributed by atoms with E-state index in [2.05, 4.69) is 9.97 Å². The molecule has 0 fully saturated rings. The number of rotatable bonds is 1. The van der Waals surface area contributed by atoms with Crippen molar-refractivity contribution in [3.05, 3.63) is 47.2 Å². The number of nitrogens with one attached hydrogen (secondary N) is 1. The second-order valence-electron chi connectivity index (χ2n) is 2.80. The Bertz CT molecular complexity index is 507. The Kier molecular flexibility index (Phi) is 2.37. The molecular weight excluding hydrogens is 199 g/mol. The topological polar surface area (TPSA) is 28.7 Å². The van der Waals surface area contributed by atoms with E-state index in [0.29, 0.717) is 4.64 Å². The molecule has 2 nitrogen and oxygen atoms in total. The van der Waals surface area contributed by atoms with E-state index in [0.717, 1.165) is 11.1 Å². The minimum absolute atomic E-state index is 0.277. The van der Waals surface area contributed by atoms with Crippen LogP contribution in [-0.4, -0.2) is 9.97 Å². The Hall–Kier alpha value is -1.55. The lowest BCUT2D eigenvalue weighted by atomic mass is 10.1. The first-order valence-electron chi connectivity index (χ1n) is 4.06. The third-order valence-corrected chi connectivity index (χ3v) is 2.19. The monoisotopic (exact) mass is 206 g/mol. The van der Waals surface area contributed by atoms with Crippen molar-refractivity contribution < 1.29 is 4.39 Å². The molecule has 70 valence electrons. The summed E-state index contributed by atoms with van der Waals surface area (Å²) in [5, 5.41) is 0. The summed E-state index contributed by atoms with van der Waals surface area (Å²) >= 11 is 5.06. The summed E-state index contributed by atoms with van der Waals surface area (Å²) in [7, 11) is 0. The molecule has 0 spiro atoms. The van der Waals surface area contributed by atoms with Crippen LogP contribution in [0.1, 0.15) is 0 Å². The summed E-state index contributed by atoms with van der Waals surface area (Å²) < 4.78 is 13.5. The van der Waals surface area contributed by atoms with Crippen LogP contribution in [0.2, 0.25) is 0 Å². The molecule has 0 radical (unpaired) electrons. The predicted molar refractivity (Wildman–Crippen MR) is 54.8 cm³/mol. The van der Waals surface area contributed by atoms with Crippen LogP contribution in [0.15, 0.2) is 36.8 Å². The van der Waals surface area contributed by atoms with Crippen LogP contribution >= 0.6 is 12.2 Å². The van der Waals surface area contributed by atoms with Gasteiger partial charge < -0.3 is 4.98 Å². The highest BCUT2D eigenvalue weighted by molar-refractivity contribution is 7.71. The van der Waals surface area contributed by atoms with Crippen molar-refractivity contribution in [2.24, 2.45) is 0 Å². The van der Waals surface area contributed by atoms with E-state index in [-0.39, 0.29) is 5.82 Å². The highest BCUT2D eigenvalue weighted by Gasteiger charge is 2.00. The zero-order chi connectivity index (χ0) is 9.97. The number of halogens is 1. The number of hydrogen-bond acceptors (Lipinski definition) is 2. The fourth-order valence-corrected chi connectivity index (χ4v) is 1.43. The molecule has 4 heteroatoms. The van der Waals surface area contributed by atoms with E-state index >= 15 is 0 Å². The minimum atomic E-state index is -0.277. The van der Waals surface area contributed by atoms with Crippen LogP contribution in [0, 0.1) is 10.5 Å². The maximum absolute atomic E-state index is 12.9. The summed E-state index contributed by atoms with van der Waals surface area (Å²) in [6.45, 7) is 0. The molecule has 0 bridgehead atoms. The molecule has 1 heterocycles. The lowest BCUT2D eigenvalue weighted by Crippen LogP contribution is -1.85. The molecule has 1 N–H and O–H groups in total. The Morgan fingerprint density at radius 1 is 1.36 bits per heavy atom. The Labute approximate surface area is 85.5 Å². The molecule has 0 aliphatic rings. The van der Waals surface area contributed by atoms with Gasteiger partial charge in [-0.25, -0.2) is 9.37 Å². The van der Waals surface area contributed by atoms with Crippen molar-refractivity contribution in [2.75, 3.05) is 0 Å². The lowest BCUT2D eigenvalue weighted by Gasteiger charge is -2.00. The summed E-state index contributed by atoms with van der Waals surface area (Å²) in [4.78, 5) is 6.71. The van der Waals surface area contributed by atoms with Gasteiger partial charge in [-0.3, -0.25) is 0 Å². The van der Waals surface area contributed by atoms with Gasteiger partial charge in [-0.15, -0.1) is 0 Å². The summed E-state index contributed by atoms with van der Waals surface area (Å²) in [5.41, 5.74) is 1.47. The fraction of sp³-hybridized carbons (Fsp3) is 0. The summed E-state index contributed by atoms with van der Waals surface area (Å²) in [6, 6.07) is 6.27. The summed E-state index contributed by atoms with van der Waals surface area (Å²) in [6.07, 6.45) is 3.12. The molecule has 0 atom stereocenters. The van der Waals surface area contributed by atoms with Crippen LogP contribution in [0.4, 0.5) is 4.39 Å². The summed E-state index contributed by atoms with van der Waals surface area (Å²) in [5.74, 6) is -0.277. The Balaban J connectivity index is 2.61. The quantitative estimate of drug-likeness (QED) is 0.727. The molecule has 0 unspecified atom stereocenters. The van der Waals surface area contributed by atoms with Gasteiger partial charge in [0.2, 0.25) is 0 Å². The standard InChI is InChI=1S/C10H7FN2S/c11-8-3-1-2-7(4-8)9-5-12-6-13-10(9)14/h1-6H,(H,12,13,14). The predicted octanol–water partition coefficient (Wildman–Crippen LogP) is 2.95. The molecule has 0 saturated carbocycles. The van der Waals surface area contributed by atoms with Crippen molar-refractivity contribution in [1.82, 2.24) is 9.97 Å². The first kappa shape index (κ1) is 9.02. The van der Waals surface area contributed by atoms with E-state index in [9.17, 15) is 4.39 Å². The Morgan fingerprint density at radius 3 is 2.93 bits per heavy atom. The first-order valence-corrected chi connectivity index (χ1v) is 4.47. The van der Waals surface area contributed by atoms with Crippen molar-refractivity contribution in [3.63, 3.8) is 0 Å². The number of benzene rings is 1. The minimum Gasteiger partial charge on any atom is -0.337 e. The highest BCUT2D eigenvalue weighted by Crippen LogP contribution is 2.18. The Morgan fingerprint density at radius 2 is 2.21 bits per heavy atom. The number of aromatic amines is 1.